The van der Waals surface area contributed by atoms with E-state index < -0.39 is 0 Å². The van der Waals surface area contributed by atoms with Crippen molar-refractivity contribution < 1.29 is 0 Å². The summed E-state index contributed by atoms with van der Waals surface area (Å²) in [4.78, 5) is 4.37. The zero-order valence-corrected chi connectivity index (χ0v) is 14.7. The van der Waals surface area contributed by atoms with Gasteiger partial charge in [-0.2, -0.15) is 5.10 Å². The van der Waals surface area contributed by atoms with Crippen molar-refractivity contribution >= 4 is 34.2 Å². The zero-order valence-electron chi connectivity index (χ0n) is 11.8. The predicted molar refractivity (Wildman–Crippen MR) is 90.1 cm³/mol. The molecule has 0 radical (unpaired) electrons. The van der Waals surface area contributed by atoms with Crippen LogP contribution in [0.1, 0.15) is 37.3 Å². The maximum atomic E-state index is 6.21. The van der Waals surface area contributed by atoms with Crippen LogP contribution in [0, 0.1) is 3.57 Å². The standard InChI is InChI=1S/C14H18ClIN4/c1-9(2)20-14(18-8-19-20)7-13(17-3)10-4-5-12(16)11(15)6-10/h4-6,8-9,13,17H,7H2,1-3H3. The average Bonchev–Trinajstić information content (AvgIpc) is 2.87. The van der Waals surface area contributed by atoms with Gasteiger partial charge in [-0.25, -0.2) is 9.67 Å². The first-order chi connectivity index (χ1) is 9.52. The van der Waals surface area contributed by atoms with Gasteiger partial charge in [0, 0.05) is 22.1 Å². The largest absolute Gasteiger partial charge is 0.313 e. The minimum absolute atomic E-state index is 0.172. The predicted octanol–water partition coefficient (Wildman–Crippen LogP) is 3.62. The van der Waals surface area contributed by atoms with Crippen molar-refractivity contribution in [2.24, 2.45) is 0 Å². The second kappa shape index (κ2) is 6.87. The van der Waals surface area contributed by atoms with E-state index in [2.05, 4.69) is 57.9 Å². The van der Waals surface area contributed by atoms with Crippen molar-refractivity contribution in [1.29, 1.82) is 0 Å². The minimum atomic E-state index is 0.172. The summed E-state index contributed by atoms with van der Waals surface area (Å²) in [6.07, 6.45) is 2.40. The Balaban J connectivity index is 2.24. The molecule has 0 amide bonds. The van der Waals surface area contributed by atoms with Crippen LogP contribution in [0.4, 0.5) is 0 Å². The van der Waals surface area contributed by atoms with Crippen molar-refractivity contribution in [3.05, 3.63) is 44.5 Å². The quantitative estimate of drug-likeness (QED) is 0.774. The fourth-order valence-electron chi connectivity index (χ4n) is 2.15. The first-order valence-electron chi connectivity index (χ1n) is 6.53. The molecule has 20 heavy (non-hydrogen) atoms. The smallest absolute Gasteiger partial charge is 0.138 e. The lowest BCUT2D eigenvalue weighted by molar-refractivity contribution is 0.478. The zero-order chi connectivity index (χ0) is 14.7. The third kappa shape index (κ3) is 3.51. The number of halogens is 2. The maximum Gasteiger partial charge on any atom is 0.138 e. The number of benzene rings is 1. The first kappa shape index (κ1) is 15.7. The number of likely N-dealkylation sites (N-methyl/N-ethyl adjacent to an activating group) is 1. The molecule has 0 aliphatic carbocycles. The van der Waals surface area contributed by atoms with Crippen LogP contribution in [0.15, 0.2) is 24.5 Å². The van der Waals surface area contributed by atoms with Crippen molar-refractivity contribution in [3.8, 4) is 0 Å². The van der Waals surface area contributed by atoms with Crippen LogP contribution >= 0.6 is 34.2 Å². The van der Waals surface area contributed by atoms with Crippen LogP contribution in [0.5, 0.6) is 0 Å². The van der Waals surface area contributed by atoms with Gasteiger partial charge in [0.05, 0.1) is 5.02 Å². The lowest BCUT2D eigenvalue weighted by atomic mass is 10.0. The van der Waals surface area contributed by atoms with E-state index in [0.717, 1.165) is 26.4 Å². The Morgan fingerprint density at radius 3 is 2.75 bits per heavy atom. The van der Waals surface area contributed by atoms with Crippen LogP contribution in [0.2, 0.25) is 5.02 Å². The fraction of sp³-hybridized carbons (Fsp3) is 0.429. The summed E-state index contributed by atoms with van der Waals surface area (Å²) in [6, 6.07) is 6.64. The third-order valence-electron chi connectivity index (χ3n) is 3.22. The van der Waals surface area contributed by atoms with E-state index in [1.54, 1.807) is 6.33 Å². The van der Waals surface area contributed by atoms with Crippen molar-refractivity contribution in [2.75, 3.05) is 7.05 Å². The first-order valence-corrected chi connectivity index (χ1v) is 7.99. The highest BCUT2D eigenvalue weighted by Gasteiger charge is 2.16. The van der Waals surface area contributed by atoms with E-state index in [1.165, 1.54) is 0 Å². The second-order valence-corrected chi connectivity index (χ2v) is 6.50. The number of rotatable bonds is 5. The number of nitrogens with one attached hydrogen (secondary N) is 1. The molecule has 0 bridgehead atoms. The molecule has 0 saturated heterocycles. The highest BCUT2D eigenvalue weighted by molar-refractivity contribution is 14.1. The van der Waals surface area contributed by atoms with Crippen LogP contribution in [0.25, 0.3) is 0 Å². The molecule has 1 atom stereocenters. The fourth-order valence-corrected chi connectivity index (χ4v) is 2.67. The highest BCUT2D eigenvalue weighted by Crippen LogP contribution is 2.25. The SMILES string of the molecule is CNC(Cc1ncnn1C(C)C)c1ccc(I)c(Cl)c1. The number of hydrogen-bond acceptors (Lipinski definition) is 3. The topological polar surface area (TPSA) is 42.7 Å². The molecule has 0 fully saturated rings. The van der Waals surface area contributed by atoms with Gasteiger partial charge in [0.1, 0.15) is 12.2 Å². The molecule has 0 spiro atoms. The van der Waals surface area contributed by atoms with E-state index in [1.807, 2.05) is 23.9 Å². The average molecular weight is 405 g/mol. The van der Waals surface area contributed by atoms with Gasteiger partial charge in [-0.15, -0.1) is 0 Å². The Morgan fingerprint density at radius 2 is 2.15 bits per heavy atom. The van der Waals surface area contributed by atoms with Crippen LogP contribution < -0.4 is 5.32 Å². The number of aromatic nitrogens is 3. The summed E-state index contributed by atoms with van der Waals surface area (Å²) >= 11 is 8.44. The Morgan fingerprint density at radius 1 is 1.40 bits per heavy atom. The van der Waals surface area contributed by atoms with E-state index in [0.29, 0.717) is 6.04 Å². The highest BCUT2D eigenvalue weighted by atomic mass is 127. The normalized spacial score (nSPS) is 12.9. The Bertz CT molecular complexity index is 582. The number of nitrogens with zero attached hydrogens (tertiary/aromatic N) is 3. The lowest BCUT2D eigenvalue weighted by Gasteiger charge is -2.18. The van der Waals surface area contributed by atoms with Gasteiger partial charge in [-0.1, -0.05) is 17.7 Å². The monoisotopic (exact) mass is 404 g/mol. The molecule has 108 valence electrons. The lowest BCUT2D eigenvalue weighted by Crippen LogP contribution is -2.21. The van der Waals surface area contributed by atoms with Crippen molar-refractivity contribution in [1.82, 2.24) is 20.1 Å². The number of hydrogen-bond donors (Lipinski definition) is 1. The van der Waals surface area contributed by atoms with Gasteiger partial charge in [0.25, 0.3) is 0 Å². The molecular formula is C14H18ClIN4. The summed E-state index contributed by atoms with van der Waals surface area (Å²) in [5.74, 6) is 0.981. The van der Waals surface area contributed by atoms with E-state index >= 15 is 0 Å². The van der Waals surface area contributed by atoms with E-state index in [4.69, 9.17) is 11.6 Å². The summed E-state index contributed by atoms with van der Waals surface area (Å²) in [6.45, 7) is 4.21. The molecule has 4 nitrogen and oxygen atoms in total. The Kier molecular flexibility index (Phi) is 5.40. The Labute approximate surface area is 138 Å². The molecular weight excluding hydrogens is 387 g/mol. The molecule has 1 aromatic carbocycles. The van der Waals surface area contributed by atoms with Crippen LogP contribution in [0.3, 0.4) is 0 Å². The van der Waals surface area contributed by atoms with Crippen molar-refractivity contribution in [2.45, 2.75) is 32.4 Å². The molecule has 2 aromatic rings. The van der Waals surface area contributed by atoms with Gasteiger partial charge in [0.15, 0.2) is 0 Å². The van der Waals surface area contributed by atoms with Gasteiger partial charge in [-0.05, 0) is 61.2 Å². The molecule has 0 aliphatic heterocycles. The molecule has 1 aromatic heterocycles. The van der Waals surface area contributed by atoms with E-state index in [9.17, 15) is 0 Å². The van der Waals surface area contributed by atoms with Crippen molar-refractivity contribution in [3.63, 3.8) is 0 Å². The molecule has 1 unspecified atom stereocenters. The minimum Gasteiger partial charge on any atom is -0.313 e. The molecule has 0 saturated carbocycles. The summed E-state index contributed by atoms with van der Waals surface area (Å²) in [5.41, 5.74) is 1.16. The summed E-state index contributed by atoms with van der Waals surface area (Å²) < 4.78 is 3.02. The van der Waals surface area contributed by atoms with E-state index in [-0.39, 0.29) is 6.04 Å². The molecule has 1 N–H and O–H groups in total. The van der Waals surface area contributed by atoms with Crippen LogP contribution in [-0.4, -0.2) is 21.8 Å². The molecule has 1 heterocycles. The van der Waals surface area contributed by atoms with Gasteiger partial charge >= 0.3 is 0 Å². The summed E-state index contributed by atoms with van der Waals surface area (Å²) in [7, 11) is 1.95. The van der Waals surface area contributed by atoms with Gasteiger partial charge in [0.2, 0.25) is 0 Å². The van der Waals surface area contributed by atoms with Gasteiger partial charge < -0.3 is 5.32 Å². The molecule has 0 aliphatic rings. The van der Waals surface area contributed by atoms with Gasteiger partial charge in [-0.3, -0.25) is 0 Å². The van der Waals surface area contributed by atoms with Crippen LogP contribution in [-0.2, 0) is 6.42 Å². The molecule has 2 rings (SSSR count). The maximum absolute atomic E-state index is 6.21. The Hall–Kier alpha value is -0.660. The second-order valence-electron chi connectivity index (χ2n) is 4.93. The summed E-state index contributed by atoms with van der Waals surface area (Å²) in [5, 5.41) is 8.39. The molecule has 6 heteroatoms. The third-order valence-corrected chi connectivity index (χ3v) is 4.79.